The molecule has 1 heterocycles. The Morgan fingerprint density at radius 3 is 2.55 bits per heavy atom. The molecule has 0 bridgehead atoms. The van der Waals surface area contributed by atoms with E-state index >= 15 is 0 Å². The molecule has 1 aromatic carbocycles. The zero-order chi connectivity index (χ0) is 14.5. The van der Waals surface area contributed by atoms with Gasteiger partial charge in [0, 0.05) is 12.1 Å². The number of aromatic amines is 1. The van der Waals surface area contributed by atoms with E-state index in [0.717, 1.165) is 16.8 Å². The van der Waals surface area contributed by atoms with Gasteiger partial charge >= 0.3 is 0 Å². The first-order chi connectivity index (χ1) is 9.56. The molecule has 1 aromatic heterocycles. The van der Waals surface area contributed by atoms with Gasteiger partial charge in [-0.2, -0.15) is 0 Å². The number of pyridine rings is 1. The molecule has 0 saturated carbocycles. The van der Waals surface area contributed by atoms with Crippen LogP contribution in [-0.4, -0.2) is 10.9 Å². The summed E-state index contributed by atoms with van der Waals surface area (Å²) in [6.07, 6.45) is 1.02. The Labute approximate surface area is 117 Å². The molecule has 0 atom stereocenters. The summed E-state index contributed by atoms with van der Waals surface area (Å²) in [6.45, 7) is 3.63. The molecule has 20 heavy (non-hydrogen) atoms. The lowest BCUT2D eigenvalue weighted by Crippen LogP contribution is -2.21. The maximum Gasteiger partial charge on any atom is 0.272 e. The third-order valence-corrected chi connectivity index (χ3v) is 3.11. The van der Waals surface area contributed by atoms with Crippen LogP contribution in [0, 0.1) is 13.8 Å². The highest BCUT2D eigenvalue weighted by Crippen LogP contribution is 2.10. The van der Waals surface area contributed by atoms with Gasteiger partial charge in [0.1, 0.15) is 5.69 Å². The van der Waals surface area contributed by atoms with Crippen LogP contribution in [0.15, 0.2) is 41.2 Å². The van der Waals surface area contributed by atoms with Gasteiger partial charge in [0.25, 0.3) is 5.56 Å². The minimum absolute atomic E-state index is 0.147. The Hall–Kier alpha value is -2.36. The van der Waals surface area contributed by atoms with Gasteiger partial charge in [0.2, 0.25) is 5.91 Å². The maximum absolute atomic E-state index is 11.9. The summed E-state index contributed by atoms with van der Waals surface area (Å²) in [4.78, 5) is 26.4. The molecule has 2 rings (SSSR count). The van der Waals surface area contributed by atoms with Gasteiger partial charge in [-0.15, -0.1) is 0 Å². The quantitative estimate of drug-likeness (QED) is 0.897. The van der Waals surface area contributed by atoms with E-state index in [-0.39, 0.29) is 11.5 Å². The summed E-state index contributed by atoms with van der Waals surface area (Å²) in [6, 6.07) is 11.6. The van der Waals surface area contributed by atoms with Crippen LogP contribution in [0.5, 0.6) is 0 Å². The highest BCUT2D eigenvalue weighted by atomic mass is 16.2. The fourth-order valence-corrected chi connectivity index (χ4v) is 2.11. The number of carbonyl (C=O) groups excluding carboxylic acids is 1. The molecule has 0 fully saturated rings. The average Bonchev–Trinajstić information content (AvgIpc) is 2.42. The van der Waals surface area contributed by atoms with Gasteiger partial charge < -0.3 is 10.3 Å². The molecule has 4 heteroatoms. The molecular weight excluding hydrogens is 252 g/mol. The number of amides is 1. The summed E-state index contributed by atoms with van der Waals surface area (Å²) in [5.74, 6) is -0.147. The smallest absolute Gasteiger partial charge is 0.272 e. The van der Waals surface area contributed by atoms with Crippen LogP contribution in [0.1, 0.15) is 23.2 Å². The predicted molar refractivity (Wildman–Crippen MR) is 79.9 cm³/mol. The van der Waals surface area contributed by atoms with Crippen molar-refractivity contribution < 1.29 is 4.79 Å². The number of aromatic nitrogens is 1. The predicted octanol–water partition coefficient (Wildman–Crippen LogP) is 2.56. The summed E-state index contributed by atoms with van der Waals surface area (Å²) >= 11 is 0. The number of H-pyrrole nitrogens is 1. The third kappa shape index (κ3) is 3.57. The normalized spacial score (nSPS) is 10.3. The molecule has 0 spiro atoms. The number of hydrogen-bond donors (Lipinski definition) is 2. The number of aryl methyl sites for hydroxylation is 3. The number of anilines is 1. The molecule has 1 amide bonds. The Morgan fingerprint density at radius 1 is 1.20 bits per heavy atom. The molecule has 2 aromatic rings. The lowest BCUT2D eigenvalue weighted by molar-refractivity contribution is -0.116. The molecule has 0 aliphatic carbocycles. The van der Waals surface area contributed by atoms with Crippen LogP contribution in [0.3, 0.4) is 0 Å². The van der Waals surface area contributed by atoms with Gasteiger partial charge in [-0.25, -0.2) is 0 Å². The molecule has 0 aliphatic heterocycles. The molecule has 0 radical (unpaired) electrons. The van der Waals surface area contributed by atoms with Gasteiger partial charge in [-0.3, -0.25) is 9.59 Å². The SMILES string of the molecule is Cc1cc(C)c(NC(=O)CCc2ccccc2)c(=O)[nH]1. The number of hydrogen-bond acceptors (Lipinski definition) is 2. The van der Waals surface area contributed by atoms with Gasteiger partial charge in [-0.1, -0.05) is 30.3 Å². The first kappa shape index (κ1) is 14.1. The fraction of sp³-hybridized carbons (Fsp3) is 0.250. The zero-order valence-electron chi connectivity index (χ0n) is 11.7. The molecule has 4 nitrogen and oxygen atoms in total. The van der Waals surface area contributed by atoms with Gasteiger partial charge in [0.05, 0.1) is 0 Å². The van der Waals surface area contributed by atoms with Crippen LogP contribution < -0.4 is 10.9 Å². The Balaban J connectivity index is 2.00. The van der Waals surface area contributed by atoms with E-state index in [4.69, 9.17) is 0 Å². The summed E-state index contributed by atoms with van der Waals surface area (Å²) in [5, 5.41) is 2.69. The summed E-state index contributed by atoms with van der Waals surface area (Å²) in [7, 11) is 0. The summed E-state index contributed by atoms with van der Waals surface area (Å²) < 4.78 is 0. The van der Waals surface area contributed by atoms with Crippen LogP contribution in [0.2, 0.25) is 0 Å². The van der Waals surface area contributed by atoms with Gasteiger partial charge in [0.15, 0.2) is 0 Å². The van der Waals surface area contributed by atoms with Gasteiger partial charge in [-0.05, 0) is 37.5 Å². The van der Waals surface area contributed by atoms with Crippen LogP contribution in [0.25, 0.3) is 0 Å². The molecule has 2 N–H and O–H groups in total. The van der Waals surface area contributed by atoms with E-state index in [1.807, 2.05) is 50.2 Å². The Bertz CT molecular complexity index is 660. The number of nitrogens with one attached hydrogen (secondary N) is 2. The minimum Gasteiger partial charge on any atom is -0.325 e. The first-order valence-electron chi connectivity index (χ1n) is 6.60. The van der Waals surface area contributed by atoms with Crippen molar-refractivity contribution in [3.63, 3.8) is 0 Å². The molecule has 0 saturated heterocycles. The zero-order valence-corrected chi connectivity index (χ0v) is 11.7. The van der Waals surface area contributed by atoms with E-state index in [0.29, 0.717) is 18.5 Å². The van der Waals surface area contributed by atoms with Crippen LogP contribution in [0.4, 0.5) is 5.69 Å². The van der Waals surface area contributed by atoms with Crippen molar-refractivity contribution in [1.82, 2.24) is 4.98 Å². The monoisotopic (exact) mass is 270 g/mol. The third-order valence-electron chi connectivity index (χ3n) is 3.11. The van der Waals surface area contributed by atoms with E-state index < -0.39 is 0 Å². The van der Waals surface area contributed by atoms with E-state index in [9.17, 15) is 9.59 Å². The molecular formula is C16H18N2O2. The van der Waals surface area contributed by atoms with Crippen molar-refractivity contribution in [3.8, 4) is 0 Å². The second kappa shape index (κ2) is 6.19. The lowest BCUT2D eigenvalue weighted by Gasteiger charge is -2.08. The highest BCUT2D eigenvalue weighted by molar-refractivity contribution is 5.91. The van der Waals surface area contributed by atoms with Crippen molar-refractivity contribution in [1.29, 1.82) is 0 Å². The van der Waals surface area contributed by atoms with Crippen molar-refractivity contribution in [3.05, 3.63) is 63.6 Å². The van der Waals surface area contributed by atoms with E-state index in [2.05, 4.69) is 10.3 Å². The van der Waals surface area contributed by atoms with E-state index in [1.54, 1.807) is 0 Å². The Morgan fingerprint density at radius 2 is 1.90 bits per heavy atom. The lowest BCUT2D eigenvalue weighted by atomic mass is 10.1. The topological polar surface area (TPSA) is 62.0 Å². The molecule has 0 aliphatic rings. The average molecular weight is 270 g/mol. The Kier molecular flexibility index (Phi) is 4.35. The number of carbonyl (C=O) groups is 1. The fourth-order valence-electron chi connectivity index (χ4n) is 2.11. The van der Waals surface area contributed by atoms with Crippen LogP contribution in [-0.2, 0) is 11.2 Å². The van der Waals surface area contributed by atoms with Crippen molar-refractivity contribution in [2.24, 2.45) is 0 Å². The minimum atomic E-state index is -0.254. The second-order valence-corrected chi connectivity index (χ2v) is 4.87. The van der Waals surface area contributed by atoms with Crippen molar-refractivity contribution >= 4 is 11.6 Å². The van der Waals surface area contributed by atoms with Crippen molar-refractivity contribution in [2.75, 3.05) is 5.32 Å². The number of benzene rings is 1. The summed E-state index contributed by atoms with van der Waals surface area (Å²) in [5.41, 5.74) is 2.76. The van der Waals surface area contributed by atoms with Crippen molar-refractivity contribution in [2.45, 2.75) is 26.7 Å². The number of rotatable bonds is 4. The van der Waals surface area contributed by atoms with E-state index in [1.165, 1.54) is 0 Å². The highest BCUT2D eigenvalue weighted by Gasteiger charge is 2.09. The van der Waals surface area contributed by atoms with Crippen LogP contribution >= 0.6 is 0 Å². The maximum atomic E-state index is 11.9. The molecule has 104 valence electrons. The second-order valence-electron chi connectivity index (χ2n) is 4.87. The standard InChI is InChI=1S/C16H18N2O2/c1-11-10-12(2)17-16(20)15(11)18-14(19)9-8-13-6-4-3-5-7-13/h3-7,10H,8-9H2,1-2H3,(H,17,20)(H,18,19). The first-order valence-corrected chi connectivity index (χ1v) is 6.60. The molecule has 0 unspecified atom stereocenters. The largest absolute Gasteiger partial charge is 0.325 e.